The Morgan fingerprint density at radius 3 is 1.33 bits per heavy atom. The summed E-state index contributed by atoms with van der Waals surface area (Å²) in [6, 6.07) is 0. The van der Waals surface area contributed by atoms with Gasteiger partial charge in [-0.25, -0.2) is 0 Å². The Bertz CT molecular complexity index is 177. The van der Waals surface area contributed by atoms with Crippen LogP contribution in [0, 0.1) is 0 Å². The van der Waals surface area contributed by atoms with Gasteiger partial charge in [0.1, 0.15) is 0 Å². The van der Waals surface area contributed by atoms with Gasteiger partial charge in [-0.05, 0) is 32.5 Å². The molecule has 2 N–H and O–H groups in total. The van der Waals surface area contributed by atoms with Gasteiger partial charge in [0.25, 0.3) is 0 Å². The SMILES string of the molecule is C[Si](C)(C)OC1CCCCCCCCCCC1.O. The normalized spacial score (nSPS) is 21.5. The van der Waals surface area contributed by atoms with Crippen molar-refractivity contribution >= 4 is 8.32 Å². The molecule has 0 aromatic rings. The van der Waals surface area contributed by atoms with Crippen LogP contribution >= 0.6 is 0 Å². The van der Waals surface area contributed by atoms with Crippen LogP contribution in [0.2, 0.25) is 19.6 Å². The minimum Gasteiger partial charge on any atom is -0.415 e. The molecule has 0 aromatic heterocycles. The van der Waals surface area contributed by atoms with Crippen molar-refractivity contribution in [3.05, 3.63) is 0 Å². The van der Waals surface area contributed by atoms with E-state index < -0.39 is 8.32 Å². The zero-order valence-electron chi connectivity index (χ0n) is 12.8. The van der Waals surface area contributed by atoms with Crippen LogP contribution in [0.3, 0.4) is 0 Å². The van der Waals surface area contributed by atoms with E-state index in [0.717, 1.165) is 0 Å². The van der Waals surface area contributed by atoms with Gasteiger partial charge in [-0.15, -0.1) is 0 Å². The highest BCUT2D eigenvalue weighted by Gasteiger charge is 2.20. The second kappa shape index (κ2) is 9.99. The van der Waals surface area contributed by atoms with Crippen LogP contribution < -0.4 is 0 Å². The molecule has 2 nitrogen and oxygen atoms in total. The number of hydrogen-bond donors (Lipinski definition) is 0. The smallest absolute Gasteiger partial charge is 0.184 e. The summed E-state index contributed by atoms with van der Waals surface area (Å²) < 4.78 is 6.32. The molecule has 0 amide bonds. The molecule has 18 heavy (non-hydrogen) atoms. The highest BCUT2D eigenvalue weighted by Crippen LogP contribution is 2.21. The fraction of sp³-hybridized carbons (Fsp3) is 1.00. The molecule has 0 saturated heterocycles. The molecule has 0 bridgehead atoms. The number of rotatable bonds is 2. The van der Waals surface area contributed by atoms with Gasteiger partial charge in [0.15, 0.2) is 8.32 Å². The Labute approximate surface area is 115 Å². The molecule has 0 radical (unpaired) electrons. The third kappa shape index (κ3) is 10.1. The van der Waals surface area contributed by atoms with Crippen molar-refractivity contribution in [1.82, 2.24) is 0 Å². The quantitative estimate of drug-likeness (QED) is 0.674. The molecule has 0 aromatic carbocycles. The lowest BCUT2D eigenvalue weighted by Gasteiger charge is -2.27. The second-order valence-corrected chi connectivity index (χ2v) is 11.1. The van der Waals surface area contributed by atoms with Crippen molar-refractivity contribution in [2.45, 2.75) is 96.4 Å². The van der Waals surface area contributed by atoms with Gasteiger partial charge in [0.05, 0.1) is 0 Å². The second-order valence-electron chi connectivity index (χ2n) is 6.61. The third-order valence-electron chi connectivity index (χ3n) is 3.57. The summed E-state index contributed by atoms with van der Waals surface area (Å²) in [5, 5.41) is 0. The van der Waals surface area contributed by atoms with Crippen molar-refractivity contribution in [2.75, 3.05) is 0 Å². The van der Waals surface area contributed by atoms with Crippen LogP contribution in [0.5, 0.6) is 0 Å². The number of hydrogen-bond acceptors (Lipinski definition) is 1. The van der Waals surface area contributed by atoms with E-state index in [9.17, 15) is 0 Å². The molecular weight excluding hydrogens is 240 g/mol. The minimum absolute atomic E-state index is 0. The molecule has 1 aliphatic rings. The predicted molar refractivity (Wildman–Crippen MR) is 82.6 cm³/mol. The highest BCUT2D eigenvalue weighted by atomic mass is 28.4. The Kier molecular flexibility index (Phi) is 10.1. The molecule has 1 rings (SSSR count). The van der Waals surface area contributed by atoms with Crippen LogP contribution in [0.15, 0.2) is 0 Å². The Morgan fingerprint density at radius 1 is 0.667 bits per heavy atom. The summed E-state index contributed by atoms with van der Waals surface area (Å²) in [5.41, 5.74) is 0. The molecule has 110 valence electrons. The van der Waals surface area contributed by atoms with Gasteiger partial charge in [0, 0.05) is 6.10 Å². The van der Waals surface area contributed by atoms with Crippen molar-refractivity contribution in [1.29, 1.82) is 0 Å². The molecule has 3 heteroatoms. The van der Waals surface area contributed by atoms with Crippen LogP contribution in [0.1, 0.15) is 70.6 Å². The lowest BCUT2D eigenvalue weighted by molar-refractivity contribution is 0.164. The minimum atomic E-state index is -1.33. The summed E-state index contributed by atoms with van der Waals surface area (Å²) in [4.78, 5) is 0. The van der Waals surface area contributed by atoms with Gasteiger partial charge >= 0.3 is 0 Å². The van der Waals surface area contributed by atoms with E-state index in [-0.39, 0.29) is 5.48 Å². The van der Waals surface area contributed by atoms with Crippen LogP contribution in [-0.2, 0) is 4.43 Å². The van der Waals surface area contributed by atoms with E-state index in [1.807, 2.05) is 0 Å². The molecule has 1 aliphatic carbocycles. The zero-order valence-corrected chi connectivity index (χ0v) is 13.8. The van der Waals surface area contributed by atoms with Crippen molar-refractivity contribution < 1.29 is 9.90 Å². The average molecular weight is 275 g/mol. The van der Waals surface area contributed by atoms with Gasteiger partial charge in [0.2, 0.25) is 0 Å². The summed E-state index contributed by atoms with van der Waals surface area (Å²) in [5.74, 6) is 0. The van der Waals surface area contributed by atoms with E-state index in [0.29, 0.717) is 6.10 Å². The fourth-order valence-corrected chi connectivity index (χ4v) is 3.98. The van der Waals surface area contributed by atoms with Gasteiger partial charge in [-0.3, -0.25) is 0 Å². The molecule has 0 aliphatic heterocycles. The molecular formula is C15H34O2Si. The van der Waals surface area contributed by atoms with Crippen LogP contribution in [-0.4, -0.2) is 19.9 Å². The van der Waals surface area contributed by atoms with Crippen molar-refractivity contribution in [3.63, 3.8) is 0 Å². The van der Waals surface area contributed by atoms with E-state index in [2.05, 4.69) is 19.6 Å². The predicted octanol–water partition coefficient (Wildman–Crippen LogP) is 4.69. The maximum atomic E-state index is 6.32. The monoisotopic (exact) mass is 274 g/mol. The van der Waals surface area contributed by atoms with E-state index in [4.69, 9.17) is 4.43 Å². The molecule has 0 atom stereocenters. The van der Waals surface area contributed by atoms with Crippen molar-refractivity contribution in [2.24, 2.45) is 0 Å². The Balaban J connectivity index is 0.00000289. The maximum Gasteiger partial charge on any atom is 0.184 e. The molecule has 0 heterocycles. The first-order valence-electron chi connectivity index (χ1n) is 7.76. The maximum absolute atomic E-state index is 6.32. The molecule has 0 spiro atoms. The molecule has 1 saturated carbocycles. The summed E-state index contributed by atoms with van der Waals surface area (Å²) in [6.07, 6.45) is 16.1. The summed E-state index contributed by atoms with van der Waals surface area (Å²) in [6.45, 7) is 6.97. The zero-order chi connectivity index (χ0) is 12.6. The van der Waals surface area contributed by atoms with E-state index >= 15 is 0 Å². The Hall–Kier alpha value is 0.137. The topological polar surface area (TPSA) is 40.7 Å². The van der Waals surface area contributed by atoms with Gasteiger partial charge in [-0.2, -0.15) is 0 Å². The van der Waals surface area contributed by atoms with E-state index in [1.54, 1.807) is 0 Å². The van der Waals surface area contributed by atoms with Gasteiger partial charge < -0.3 is 9.90 Å². The van der Waals surface area contributed by atoms with E-state index in [1.165, 1.54) is 70.6 Å². The molecule has 0 unspecified atom stereocenters. The van der Waals surface area contributed by atoms with Crippen LogP contribution in [0.25, 0.3) is 0 Å². The summed E-state index contributed by atoms with van der Waals surface area (Å²) >= 11 is 0. The lowest BCUT2D eigenvalue weighted by Crippen LogP contribution is -2.32. The lowest BCUT2D eigenvalue weighted by atomic mass is 10.00. The first-order valence-corrected chi connectivity index (χ1v) is 11.2. The summed E-state index contributed by atoms with van der Waals surface area (Å²) in [7, 11) is -1.33. The van der Waals surface area contributed by atoms with Crippen LogP contribution in [0.4, 0.5) is 0 Å². The van der Waals surface area contributed by atoms with Crippen molar-refractivity contribution in [3.8, 4) is 0 Å². The first kappa shape index (κ1) is 18.1. The Morgan fingerprint density at radius 2 is 1.00 bits per heavy atom. The standard InChI is InChI=1S/C15H32OSi.H2O/c1-17(2,3)16-15-13-11-9-7-5-4-6-8-10-12-14-15;/h15H,4-14H2,1-3H3;1H2. The van der Waals surface area contributed by atoms with Gasteiger partial charge in [-0.1, -0.05) is 57.8 Å². The molecule has 1 fully saturated rings. The average Bonchev–Trinajstić information content (AvgIpc) is 2.20. The largest absolute Gasteiger partial charge is 0.415 e. The third-order valence-corrected chi connectivity index (χ3v) is 4.61. The fourth-order valence-electron chi connectivity index (χ4n) is 2.74. The highest BCUT2D eigenvalue weighted by molar-refractivity contribution is 6.69. The first-order chi connectivity index (χ1) is 8.08.